The first-order valence-corrected chi connectivity index (χ1v) is 10.3. The number of benzene rings is 3. The first kappa shape index (κ1) is 24.6. The third-order valence-corrected chi connectivity index (χ3v) is 4.85. The predicted molar refractivity (Wildman–Crippen MR) is 121 cm³/mol. The summed E-state index contributed by atoms with van der Waals surface area (Å²) in [5, 5.41) is 2.77. The van der Waals surface area contributed by atoms with Gasteiger partial charge in [0.2, 0.25) is 5.75 Å². The molecule has 180 valence electrons. The van der Waals surface area contributed by atoms with E-state index in [2.05, 4.69) is 10.1 Å². The van der Waals surface area contributed by atoms with Gasteiger partial charge in [-0.25, -0.2) is 0 Å². The van der Waals surface area contributed by atoms with Crippen LogP contribution in [0.3, 0.4) is 0 Å². The molecule has 0 aliphatic rings. The Kier molecular flexibility index (Phi) is 8.50. The first-order chi connectivity index (χ1) is 16.4. The molecular formula is C25H25F2NO6. The van der Waals surface area contributed by atoms with Crippen molar-refractivity contribution in [3.63, 3.8) is 0 Å². The maximum atomic E-state index is 12.8. The van der Waals surface area contributed by atoms with Gasteiger partial charge in [0.1, 0.15) is 6.61 Å². The summed E-state index contributed by atoms with van der Waals surface area (Å²) >= 11 is 0. The van der Waals surface area contributed by atoms with Gasteiger partial charge < -0.3 is 29.0 Å². The molecule has 0 aliphatic heterocycles. The maximum Gasteiger partial charge on any atom is 0.387 e. The molecule has 1 amide bonds. The average molecular weight is 473 g/mol. The monoisotopic (exact) mass is 473 g/mol. The topological polar surface area (TPSA) is 75.3 Å². The number of alkyl halides is 2. The molecule has 34 heavy (non-hydrogen) atoms. The van der Waals surface area contributed by atoms with E-state index in [0.29, 0.717) is 35.0 Å². The number of halogens is 2. The highest BCUT2D eigenvalue weighted by atomic mass is 19.3. The Morgan fingerprint density at radius 2 is 1.47 bits per heavy atom. The van der Waals surface area contributed by atoms with Crippen LogP contribution < -0.4 is 29.0 Å². The molecule has 0 heterocycles. The van der Waals surface area contributed by atoms with E-state index in [1.165, 1.54) is 33.5 Å². The van der Waals surface area contributed by atoms with Gasteiger partial charge in [-0.2, -0.15) is 8.78 Å². The van der Waals surface area contributed by atoms with Crippen molar-refractivity contribution in [2.24, 2.45) is 0 Å². The largest absolute Gasteiger partial charge is 0.493 e. The van der Waals surface area contributed by atoms with Crippen LogP contribution in [0.25, 0.3) is 0 Å². The lowest BCUT2D eigenvalue weighted by Crippen LogP contribution is -2.23. The Hall–Kier alpha value is -4.01. The number of methoxy groups -OCH3 is 3. The zero-order valence-electron chi connectivity index (χ0n) is 19.0. The van der Waals surface area contributed by atoms with Crippen LogP contribution in [0.5, 0.6) is 28.7 Å². The van der Waals surface area contributed by atoms with Crippen LogP contribution >= 0.6 is 0 Å². The van der Waals surface area contributed by atoms with Crippen LogP contribution in [0.2, 0.25) is 0 Å². The van der Waals surface area contributed by atoms with Crippen LogP contribution in [-0.4, -0.2) is 33.8 Å². The number of rotatable bonds is 11. The number of carbonyl (C=O) groups is 1. The van der Waals surface area contributed by atoms with Crippen molar-refractivity contribution >= 4 is 5.91 Å². The summed E-state index contributed by atoms with van der Waals surface area (Å²) in [4.78, 5) is 12.8. The summed E-state index contributed by atoms with van der Waals surface area (Å²) in [5.41, 5.74) is 1.90. The van der Waals surface area contributed by atoms with Gasteiger partial charge in [0, 0.05) is 12.1 Å². The molecule has 1 N–H and O–H groups in total. The molecule has 3 rings (SSSR count). The van der Waals surface area contributed by atoms with E-state index in [0.717, 1.165) is 5.56 Å². The van der Waals surface area contributed by atoms with Crippen LogP contribution in [0.15, 0.2) is 60.7 Å². The molecule has 3 aromatic carbocycles. The van der Waals surface area contributed by atoms with Crippen molar-refractivity contribution in [2.75, 3.05) is 21.3 Å². The minimum Gasteiger partial charge on any atom is -0.493 e. The smallest absolute Gasteiger partial charge is 0.387 e. The fraction of sp³-hybridized carbons (Fsp3) is 0.240. The Bertz CT molecular complexity index is 1080. The SMILES string of the molecule is COc1cc(CNC(=O)c2cc(OC)c(OCc3ccccc3)c(OC)c2)ccc1OC(F)F. The highest BCUT2D eigenvalue weighted by Gasteiger charge is 2.18. The summed E-state index contributed by atoms with van der Waals surface area (Å²) < 4.78 is 51.3. The molecular weight excluding hydrogens is 448 g/mol. The molecule has 7 nitrogen and oxygen atoms in total. The highest BCUT2D eigenvalue weighted by Crippen LogP contribution is 2.39. The Balaban J connectivity index is 1.73. The number of nitrogens with one attached hydrogen (secondary N) is 1. The van der Waals surface area contributed by atoms with Gasteiger partial charge in [-0.15, -0.1) is 0 Å². The highest BCUT2D eigenvalue weighted by molar-refractivity contribution is 5.95. The third-order valence-electron chi connectivity index (χ3n) is 4.85. The Labute approximate surface area is 196 Å². The van der Waals surface area contributed by atoms with Gasteiger partial charge in [-0.3, -0.25) is 4.79 Å². The lowest BCUT2D eigenvalue weighted by Gasteiger charge is -2.16. The molecule has 0 saturated heterocycles. The molecule has 0 saturated carbocycles. The molecule has 9 heteroatoms. The van der Waals surface area contributed by atoms with E-state index in [1.54, 1.807) is 18.2 Å². The minimum absolute atomic E-state index is 0.0897. The zero-order chi connectivity index (χ0) is 24.5. The average Bonchev–Trinajstić information content (AvgIpc) is 2.86. The van der Waals surface area contributed by atoms with Gasteiger partial charge in [0.15, 0.2) is 23.0 Å². The van der Waals surface area contributed by atoms with E-state index in [9.17, 15) is 13.6 Å². The molecule has 0 aromatic heterocycles. The minimum atomic E-state index is -2.97. The summed E-state index contributed by atoms with van der Waals surface area (Å²) in [6.45, 7) is -2.54. The number of carbonyl (C=O) groups excluding carboxylic acids is 1. The maximum absolute atomic E-state index is 12.8. The van der Waals surface area contributed by atoms with Crippen LogP contribution in [0.4, 0.5) is 8.78 Å². The first-order valence-electron chi connectivity index (χ1n) is 10.3. The molecule has 0 aliphatic carbocycles. The standard InChI is InChI=1S/C25H25F2NO6/c1-30-20-11-17(9-10-19(20)34-25(26)27)14-28-24(29)18-12-21(31-2)23(22(13-18)32-3)33-15-16-7-5-4-6-8-16/h4-13,25H,14-15H2,1-3H3,(H,28,29). The van der Waals surface area contributed by atoms with E-state index in [4.69, 9.17) is 18.9 Å². The van der Waals surface area contributed by atoms with Crippen molar-refractivity contribution in [3.8, 4) is 28.7 Å². The quantitative estimate of drug-likeness (QED) is 0.430. The molecule has 0 atom stereocenters. The van der Waals surface area contributed by atoms with E-state index < -0.39 is 12.5 Å². The fourth-order valence-electron chi connectivity index (χ4n) is 3.18. The van der Waals surface area contributed by atoms with Gasteiger partial charge in [-0.05, 0) is 35.4 Å². The summed E-state index contributed by atoms with van der Waals surface area (Å²) in [7, 11) is 4.29. The normalized spacial score (nSPS) is 10.5. The van der Waals surface area contributed by atoms with Gasteiger partial charge >= 0.3 is 6.61 Å². The Morgan fingerprint density at radius 3 is 2.06 bits per heavy atom. The van der Waals surface area contributed by atoms with Crippen molar-refractivity contribution in [2.45, 2.75) is 19.8 Å². The molecule has 0 fully saturated rings. The molecule has 0 unspecified atom stereocenters. The van der Waals surface area contributed by atoms with E-state index >= 15 is 0 Å². The number of hydrogen-bond donors (Lipinski definition) is 1. The fourth-order valence-corrected chi connectivity index (χ4v) is 3.18. The second-order valence-electron chi connectivity index (χ2n) is 7.03. The molecule has 0 spiro atoms. The van der Waals surface area contributed by atoms with Crippen LogP contribution in [0, 0.1) is 0 Å². The Morgan fingerprint density at radius 1 is 0.824 bits per heavy atom. The van der Waals surface area contributed by atoms with Crippen molar-refractivity contribution in [3.05, 3.63) is 77.4 Å². The van der Waals surface area contributed by atoms with Crippen molar-refractivity contribution in [1.29, 1.82) is 0 Å². The van der Waals surface area contributed by atoms with Crippen molar-refractivity contribution in [1.82, 2.24) is 5.32 Å². The van der Waals surface area contributed by atoms with Gasteiger partial charge in [0.05, 0.1) is 21.3 Å². The lowest BCUT2D eigenvalue weighted by molar-refractivity contribution is -0.0512. The van der Waals surface area contributed by atoms with Crippen LogP contribution in [0.1, 0.15) is 21.5 Å². The summed E-state index contributed by atoms with van der Waals surface area (Å²) in [6, 6.07) is 17.1. The number of ether oxygens (including phenoxy) is 5. The van der Waals surface area contributed by atoms with Gasteiger partial charge in [-0.1, -0.05) is 36.4 Å². The third kappa shape index (κ3) is 6.28. The van der Waals surface area contributed by atoms with E-state index in [1.807, 2.05) is 30.3 Å². The number of amides is 1. The van der Waals surface area contributed by atoms with Crippen molar-refractivity contribution < 1.29 is 37.3 Å². The lowest BCUT2D eigenvalue weighted by atomic mass is 10.1. The molecule has 0 radical (unpaired) electrons. The molecule has 3 aromatic rings. The predicted octanol–water partition coefficient (Wildman–Crippen LogP) is 4.82. The second-order valence-corrected chi connectivity index (χ2v) is 7.03. The van der Waals surface area contributed by atoms with Crippen LogP contribution in [-0.2, 0) is 13.2 Å². The zero-order valence-corrected chi connectivity index (χ0v) is 19.0. The van der Waals surface area contributed by atoms with Gasteiger partial charge in [0.25, 0.3) is 5.91 Å². The second kappa shape index (κ2) is 11.7. The van der Waals surface area contributed by atoms with E-state index in [-0.39, 0.29) is 18.0 Å². The summed E-state index contributed by atoms with van der Waals surface area (Å²) in [5.74, 6) is 0.720. The number of hydrogen-bond acceptors (Lipinski definition) is 6. The molecule has 0 bridgehead atoms. The summed E-state index contributed by atoms with van der Waals surface area (Å²) in [6.07, 6.45) is 0.